The fourth-order valence-electron chi connectivity index (χ4n) is 2.06. The van der Waals surface area contributed by atoms with E-state index in [-0.39, 0.29) is 5.91 Å². The van der Waals surface area contributed by atoms with Gasteiger partial charge in [0.25, 0.3) is 5.91 Å². The number of para-hydroxylation sites is 1. The van der Waals surface area contributed by atoms with Gasteiger partial charge in [0.05, 0.1) is 0 Å². The SMILES string of the molecule is CNCc1ccccc1NC(=O)c1ccc(Cl)cc1C. The zero-order valence-corrected chi connectivity index (χ0v) is 12.3. The molecular formula is C16H17ClN2O. The number of nitrogens with one attached hydrogen (secondary N) is 2. The molecule has 4 heteroatoms. The Morgan fingerprint density at radius 1 is 1.20 bits per heavy atom. The number of anilines is 1. The summed E-state index contributed by atoms with van der Waals surface area (Å²) >= 11 is 5.91. The van der Waals surface area contributed by atoms with Crippen LogP contribution in [-0.2, 0) is 6.54 Å². The van der Waals surface area contributed by atoms with Crippen LogP contribution in [0.5, 0.6) is 0 Å². The van der Waals surface area contributed by atoms with E-state index in [1.165, 1.54) is 0 Å². The van der Waals surface area contributed by atoms with E-state index in [9.17, 15) is 4.79 Å². The van der Waals surface area contributed by atoms with Crippen molar-refractivity contribution in [3.8, 4) is 0 Å². The van der Waals surface area contributed by atoms with Gasteiger partial charge in [0.2, 0.25) is 0 Å². The average molecular weight is 289 g/mol. The molecule has 2 aromatic carbocycles. The first-order valence-electron chi connectivity index (χ1n) is 6.42. The van der Waals surface area contributed by atoms with Gasteiger partial charge in [-0.1, -0.05) is 29.8 Å². The van der Waals surface area contributed by atoms with E-state index in [1.807, 2.05) is 38.2 Å². The third kappa shape index (κ3) is 3.38. The lowest BCUT2D eigenvalue weighted by atomic mass is 10.1. The molecule has 0 saturated heterocycles. The summed E-state index contributed by atoms with van der Waals surface area (Å²) in [6.45, 7) is 2.58. The van der Waals surface area contributed by atoms with Crippen molar-refractivity contribution in [3.05, 3.63) is 64.2 Å². The molecule has 0 unspecified atom stereocenters. The number of hydrogen-bond acceptors (Lipinski definition) is 2. The number of amides is 1. The van der Waals surface area contributed by atoms with E-state index in [1.54, 1.807) is 18.2 Å². The number of carbonyl (C=O) groups is 1. The van der Waals surface area contributed by atoms with Gasteiger partial charge in [-0.05, 0) is 49.4 Å². The summed E-state index contributed by atoms with van der Waals surface area (Å²) in [5.74, 6) is -0.122. The Bertz CT molecular complexity index is 626. The third-order valence-electron chi connectivity index (χ3n) is 3.07. The van der Waals surface area contributed by atoms with E-state index in [0.29, 0.717) is 17.1 Å². The maximum Gasteiger partial charge on any atom is 0.255 e. The number of halogens is 1. The summed E-state index contributed by atoms with van der Waals surface area (Å²) in [4.78, 5) is 12.3. The fraction of sp³-hybridized carbons (Fsp3) is 0.188. The zero-order chi connectivity index (χ0) is 14.5. The van der Waals surface area contributed by atoms with Gasteiger partial charge >= 0.3 is 0 Å². The highest BCUT2D eigenvalue weighted by Gasteiger charge is 2.11. The monoisotopic (exact) mass is 288 g/mol. The van der Waals surface area contributed by atoms with Crippen LogP contribution in [0.3, 0.4) is 0 Å². The minimum absolute atomic E-state index is 0.122. The molecule has 3 nitrogen and oxygen atoms in total. The lowest BCUT2D eigenvalue weighted by Crippen LogP contribution is -2.16. The van der Waals surface area contributed by atoms with Gasteiger partial charge in [0.1, 0.15) is 0 Å². The topological polar surface area (TPSA) is 41.1 Å². The summed E-state index contributed by atoms with van der Waals surface area (Å²) in [5.41, 5.74) is 3.37. The van der Waals surface area contributed by atoms with Gasteiger partial charge in [-0.2, -0.15) is 0 Å². The Morgan fingerprint density at radius 2 is 1.95 bits per heavy atom. The molecule has 0 radical (unpaired) electrons. The molecule has 0 aliphatic carbocycles. The molecule has 0 aromatic heterocycles. The van der Waals surface area contributed by atoms with Crippen LogP contribution in [0.2, 0.25) is 5.02 Å². The standard InChI is InChI=1S/C16H17ClN2O/c1-11-9-13(17)7-8-14(11)16(20)19-15-6-4-3-5-12(15)10-18-2/h3-9,18H,10H2,1-2H3,(H,19,20). The first-order valence-corrected chi connectivity index (χ1v) is 6.79. The van der Waals surface area contributed by atoms with E-state index in [2.05, 4.69) is 10.6 Å². The molecule has 20 heavy (non-hydrogen) atoms. The number of carbonyl (C=O) groups excluding carboxylic acids is 1. The van der Waals surface area contributed by atoms with Crippen molar-refractivity contribution in [2.24, 2.45) is 0 Å². The minimum atomic E-state index is -0.122. The highest BCUT2D eigenvalue weighted by atomic mass is 35.5. The summed E-state index contributed by atoms with van der Waals surface area (Å²) < 4.78 is 0. The van der Waals surface area contributed by atoms with Crippen LogP contribution in [0.15, 0.2) is 42.5 Å². The van der Waals surface area contributed by atoms with E-state index >= 15 is 0 Å². The Hall–Kier alpha value is -1.84. The molecule has 0 saturated carbocycles. The Morgan fingerprint density at radius 3 is 2.65 bits per heavy atom. The van der Waals surface area contributed by atoms with Crippen LogP contribution < -0.4 is 10.6 Å². The van der Waals surface area contributed by atoms with Crippen molar-refractivity contribution in [1.82, 2.24) is 5.32 Å². The van der Waals surface area contributed by atoms with Crippen LogP contribution in [0.25, 0.3) is 0 Å². The Kier molecular flexibility index (Phi) is 4.77. The molecule has 2 aromatic rings. The molecule has 2 rings (SSSR count). The van der Waals surface area contributed by atoms with E-state index in [0.717, 1.165) is 16.8 Å². The van der Waals surface area contributed by atoms with Crippen molar-refractivity contribution in [2.75, 3.05) is 12.4 Å². The van der Waals surface area contributed by atoms with Crippen LogP contribution in [-0.4, -0.2) is 13.0 Å². The normalized spacial score (nSPS) is 10.3. The zero-order valence-electron chi connectivity index (χ0n) is 11.5. The van der Waals surface area contributed by atoms with Crippen LogP contribution in [0.1, 0.15) is 21.5 Å². The molecule has 0 fully saturated rings. The molecule has 0 bridgehead atoms. The fourth-order valence-corrected chi connectivity index (χ4v) is 2.29. The van der Waals surface area contributed by atoms with Crippen molar-refractivity contribution >= 4 is 23.2 Å². The highest BCUT2D eigenvalue weighted by Crippen LogP contribution is 2.19. The summed E-state index contributed by atoms with van der Waals surface area (Å²) in [6, 6.07) is 13.0. The summed E-state index contributed by atoms with van der Waals surface area (Å²) in [5, 5.41) is 6.67. The molecule has 2 N–H and O–H groups in total. The third-order valence-corrected chi connectivity index (χ3v) is 3.30. The number of aryl methyl sites for hydroxylation is 1. The van der Waals surface area contributed by atoms with Crippen molar-refractivity contribution < 1.29 is 4.79 Å². The minimum Gasteiger partial charge on any atom is -0.322 e. The first-order chi connectivity index (χ1) is 9.61. The van der Waals surface area contributed by atoms with Crippen molar-refractivity contribution in [3.63, 3.8) is 0 Å². The summed E-state index contributed by atoms with van der Waals surface area (Å²) in [7, 11) is 1.88. The molecule has 0 aliphatic heterocycles. The van der Waals surface area contributed by atoms with Gasteiger partial charge in [0.15, 0.2) is 0 Å². The van der Waals surface area contributed by atoms with Crippen LogP contribution >= 0.6 is 11.6 Å². The second-order valence-electron chi connectivity index (χ2n) is 4.60. The number of hydrogen-bond donors (Lipinski definition) is 2. The first kappa shape index (κ1) is 14.6. The van der Waals surface area contributed by atoms with Gasteiger partial charge in [0, 0.05) is 22.8 Å². The molecule has 104 valence electrons. The van der Waals surface area contributed by atoms with Gasteiger partial charge in [-0.3, -0.25) is 4.79 Å². The lowest BCUT2D eigenvalue weighted by molar-refractivity contribution is 0.102. The molecule has 0 aliphatic rings. The Labute approximate surface area is 124 Å². The van der Waals surface area contributed by atoms with E-state index < -0.39 is 0 Å². The number of benzene rings is 2. The molecule has 0 atom stereocenters. The second-order valence-corrected chi connectivity index (χ2v) is 5.04. The maximum atomic E-state index is 12.3. The van der Waals surface area contributed by atoms with Crippen molar-refractivity contribution in [1.29, 1.82) is 0 Å². The average Bonchev–Trinajstić information content (AvgIpc) is 2.41. The number of rotatable bonds is 4. The quantitative estimate of drug-likeness (QED) is 0.902. The predicted octanol–water partition coefficient (Wildman–Crippen LogP) is 3.62. The van der Waals surface area contributed by atoms with E-state index in [4.69, 9.17) is 11.6 Å². The van der Waals surface area contributed by atoms with Crippen molar-refractivity contribution in [2.45, 2.75) is 13.5 Å². The van der Waals surface area contributed by atoms with Crippen LogP contribution in [0.4, 0.5) is 5.69 Å². The molecule has 1 amide bonds. The van der Waals surface area contributed by atoms with Gasteiger partial charge < -0.3 is 10.6 Å². The lowest BCUT2D eigenvalue weighted by Gasteiger charge is -2.12. The summed E-state index contributed by atoms with van der Waals surface area (Å²) in [6.07, 6.45) is 0. The van der Waals surface area contributed by atoms with Crippen LogP contribution in [0, 0.1) is 6.92 Å². The predicted molar refractivity (Wildman–Crippen MR) is 83.3 cm³/mol. The highest BCUT2D eigenvalue weighted by molar-refractivity contribution is 6.30. The van der Waals surface area contributed by atoms with Gasteiger partial charge in [-0.25, -0.2) is 0 Å². The molecule has 0 spiro atoms. The maximum absolute atomic E-state index is 12.3. The largest absolute Gasteiger partial charge is 0.322 e. The molecule has 0 heterocycles. The molecular weight excluding hydrogens is 272 g/mol. The smallest absolute Gasteiger partial charge is 0.255 e. The van der Waals surface area contributed by atoms with Gasteiger partial charge in [-0.15, -0.1) is 0 Å². The second kappa shape index (κ2) is 6.55. The Balaban J connectivity index is 2.23.